The van der Waals surface area contributed by atoms with Crippen LogP contribution in [0.5, 0.6) is 0 Å². The van der Waals surface area contributed by atoms with Gasteiger partial charge in [0.2, 0.25) is 0 Å². The molecule has 0 aromatic carbocycles. The monoisotopic (exact) mass is 236 g/mol. The summed E-state index contributed by atoms with van der Waals surface area (Å²) in [6.07, 6.45) is 1.66. The van der Waals surface area contributed by atoms with Crippen molar-refractivity contribution >= 4 is 41.5 Å². The molecule has 0 radical (unpaired) electrons. The molecule has 0 N–H and O–H groups in total. The fourth-order valence-corrected chi connectivity index (χ4v) is 1.34. The summed E-state index contributed by atoms with van der Waals surface area (Å²) in [6, 6.07) is 0. The van der Waals surface area contributed by atoms with E-state index in [1.807, 2.05) is 0 Å². The predicted octanol–water partition coefficient (Wildman–Crippen LogP) is 2.20. The number of cyclic esters (lactones) is 2. The van der Waals surface area contributed by atoms with Gasteiger partial charge in [-0.2, -0.15) is 0 Å². The predicted molar refractivity (Wildman–Crippen MR) is 66.4 cm³/mol. The molecule has 1 fully saturated rings. The van der Waals surface area contributed by atoms with Gasteiger partial charge in [-0.05, 0) is 18.8 Å². The Morgan fingerprint density at radius 1 is 1.25 bits per heavy atom. The molecule has 1 aliphatic heterocycles. The Morgan fingerprint density at radius 3 is 1.69 bits per heavy atom. The van der Waals surface area contributed by atoms with E-state index in [0.29, 0.717) is 5.41 Å². The van der Waals surface area contributed by atoms with Gasteiger partial charge in [-0.1, -0.05) is 26.3 Å². The minimum absolute atomic E-state index is 0. The van der Waals surface area contributed by atoms with Crippen LogP contribution in [0.1, 0.15) is 47.0 Å². The van der Waals surface area contributed by atoms with Gasteiger partial charge in [0.15, 0.2) is 0 Å². The molecule has 88 valence electrons. The number of ether oxygens (including phenoxy) is 1. The summed E-state index contributed by atoms with van der Waals surface area (Å²) in [5.74, 6) is -0.796. The first-order valence-corrected chi connectivity index (χ1v) is 5.08. The third-order valence-corrected chi connectivity index (χ3v) is 1.59. The van der Waals surface area contributed by atoms with E-state index in [2.05, 4.69) is 39.0 Å². The van der Waals surface area contributed by atoms with Crippen molar-refractivity contribution in [1.29, 1.82) is 0 Å². The molecular formula is C12H21NaO3. The van der Waals surface area contributed by atoms with Crippen LogP contribution in [-0.2, 0) is 14.3 Å². The van der Waals surface area contributed by atoms with Gasteiger partial charge < -0.3 is 4.74 Å². The second kappa shape index (κ2) is 8.04. The Kier molecular flexibility index (Phi) is 9.17. The summed E-state index contributed by atoms with van der Waals surface area (Å²) >= 11 is 0. The molecule has 16 heavy (non-hydrogen) atoms. The molecule has 0 atom stereocenters. The number of allylic oxidation sites excluding steroid dienone is 1. The van der Waals surface area contributed by atoms with Crippen molar-refractivity contribution in [3.63, 3.8) is 0 Å². The van der Waals surface area contributed by atoms with Crippen molar-refractivity contribution < 1.29 is 14.3 Å². The van der Waals surface area contributed by atoms with E-state index in [-0.39, 0.29) is 42.4 Å². The molecule has 0 spiro atoms. The van der Waals surface area contributed by atoms with Gasteiger partial charge in [0.25, 0.3) is 0 Å². The Hall–Kier alpha value is -0.120. The van der Waals surface area contributed by atoms with Crippen LogP contribution >= 0.6 is 0 Å². The first-order valence-electron chi connectivity index (χ1n) is 5.08. The molecule has 3 nitrogen and oxygen atoms in total. The molecule has 0 saturated carbocycles. The minimum atomic E-state index is -0.398. The molecule has 1 saturated heterocycles. The van der Waals surface area contributed by atoms with Crippen LogP contribution in [0, 0.1) is 5.41 Å². The average molecular weight is 236 g/mol. The number of rotatable bonds is 1. The molecule has 0 aromatic rings. The van der Waals surface area contributed by atoms with E-state index >= 15 is 0 Å². The van der Waals surface area contributed by atoms with E-state index in [1.165, 1.54) is 5.57 Å². The molecule has 1 rings (SSSR count). The Bertz CT molecular complexity index is 250. The maximum atomic E-state index is 10.0. The summed E-state index contributed by atoms with van der Waals surface area (Å²) in [6.45, 7) is 12.6. The van der Waals surface area contributed by atoms with E-state index in [9.17, 15) is 9.59 Å². The van der Waals surface area contributed by atoms with Crippen molar-refractivity contribution in [3.8, 4) is 0 Å². The molecule has 0 unspecified atom stereocenters. The molecular weight excluding hydrogens is 215 g/mol. The van der Waals surface area contributed by atoms with Crippen molar-refractivity contribution in [2.45, 2.75) is 47.0 Å². The zero-order valence-electron chi connectivity index (χ0n) is 10.1. The molecule has 4 heteroatoms. The van der Waals surface area contributed by atoms with Crippen LogP contribution in [0.2, 0.25) is 0 Å². The first kappa shape index (κ1) is 18.3. The third-order valence-electron chi connectivity index (χ3n) is 1.59. The number of carbonyl (C=O) groups is 2. The zero-order valence-corrected chi connectivity index (χ0v) is 10.1. The summed E-state index contributed by atoms with van der Waals surface area (Å²) < 4.78 is 4.08. The van der Waals surface area contributed by atoms with Crippen LogP contribution in [0.4, 0.5) is 0 Å². The van der Waals surface area contributed by atoms with Gasteiger partial charge in [-0.3, -0.25) is 9.59 Å². The fraction of sp³-hybridized carbons (Fsp3) is 0.667. The topological polar surface area (TPSA) is 43.4 Å². The Labute approximate surface area is 120 Å². The van der Waals surface area contributed by atoms with Crippen molar-refractivity contribution in [1.82, 2.24) is 0 Å². The van der Waals surface area contributed by atoms with E-state index in [4.69, 9.17) is 0 Å². The first-order chi connectivity index (χ1) is 6.70. The molecule has 0 bridgehead atoms. The van der Waals surface area contributed by atoms with Crippen LogP contribution in [-0.4, -0.2) is 41.5 Å². The Morgan fingerprint density at radius 2 is 1.62 bits per heavy atom. The zero-order chi connectivity index (χ0) is 12.1. The summed E-state index contributed by atoms with van der Waals surface area (Å²) in [7, 11) is 0. The van der Waals surface area contributed by atoms with Crippen LogP contribution in [0.3, 0.4) is 0 Å². The quantitative estimate of drug-likeness (QED) is 0.303. The average Bonchev–Trinajstić information content (AvgIpc) is 2.29. The molecule has 0 amide bonds. The standard InChI is InChI=1S/C8H16.C4H4O3.Na.H/c1-7(2)6-8(3,4)5;5-3-1-2-4(6)7-3;;/h1,6H2,2-5H3;1-2H2;;. The number of esters is 2. The van der Waals surface area contributed by atoms with Crippen LogP contribution in [0.25, 0.3) is 0 Å². The SMILES string of the molecule is C=C(C)CC(C)(C)C.O=C1CCC(=O)O1.[NaH]. The number of hydrogen-bond acceptors (Lipinski definition) is 3. The molecule has 1 aliphatic rings. The van der Waals surface area contributed by atoms with E-state index in [0.717, 1.165) is 6.42 Å². The number of hydrogen-bond donors (Lipinski definition) is 0. The summed E-state index contributed by atoms with van der Waals surface area (Å²) in [4.78, 5) is 20.0. The maximum absolute atomic E-state index is 10.0. The van der Waals surface area contributed by atoms with E-state index in [1.54, 1.807) is 0 Å². The van der Waals surface area contributed by atoms with Crippen molar-refractivity contribution in [3.05, 3.63) is 12.2 Å². The summed E-state index contributed by atoms with van der Waals surface area (Å²) in [5.41, 5.74) is 1.70. The normalized spacial score (nSPS) is 14.5. The fourth-order valence-electron chi connectivity index (χ4n) is 1.34. The van der Waals surface area contributed by atoms with Crippen molar-refractivity contribution in [2.75, 3.05) is 0 Å². The van der Waals surface area contributed by atoms with Gasteiger partial charge in [0.05, 0.1) is 12.8 Å². The molecule has 0 aliphatic carbocycles. The molecule has 1 heterocycles. The van der Waals surface area contributed by atoms with Crippen LogP contribution in [0.15, 0.2) is 12.2 Å². The molecule has 0 aromatic heterocycles. The summed E-state index contributed by atoms with van der Waals surface area (Å²) in [5, 5.41) is 0. The van der Waals surface area contributed by atoms with Gasteiger partial charge in [0.1, 0.15) is 0 Å². The van der Waals surface area contributed by atoms with E-state index < -0.39 is 11.9 Å². The Balaban J connectivity index is 0. The van der Waals surface area contributed by atoms with Gasteiger partial charge >= 0.3 is 41.5 Å². The van der Waals surface area contributed by atoms with Gasteiger partial charge in [0, 0.05) is 0 Å². The third kappa shape index (κ3) is 12.0. The van der Waals surface area contributed by atoms with Crippen molar-refractivity contribution in [2.24, 2.45) is 5.41 Å². The van der Waals surface area contributed by atoms with Crippen LogP contribution < -0.4 is 0 Å². The second-order valence-corrected chi connectivity index (χ2v) is 5.04. The van der Waals surface area contributed by atoms with Gasteiger partial charge in [-0.15, -0.1) is 6.58 Å². The van der Waals surface area contributed by atoms with Gasteiger partial charge in [-0.25, -0.2) is 0 Å². The number of carbonyl (C=O) groups excluding carboxylic acids is 2. The second-order valence-electron chi connectivity index (χ2n) is 5.04.